The van der Waals surface area contributed by atoms with Crippen molar-refractivity contribution in [1.29, 1.82) is 0 Å². The molecule has 2 aliphatic rings. The molecule has 2 bridgehead atoms. The fraction of sp³-hybridized carbons (Fsp3) is 0.333. The van der Waals surface area contributed by atoms with Crippen LogP contribution in [0.1, 0.15) is 34.0 Å². The molecule has 3 amide bonds. The van der Waals surface area contributed by atoms with Gasteiger partial charge in [-0.1, -0.05) is 36.4 Å². The van der Waals surface area contributed by atoms with Gasteiger partial charge in [0.05, 0.1) is 38.8 Å². The van der Waals surface area contributed by atoms with E-state index in [4.69, 9.17) is 9.47 Å². The van der Waals surface area contributed by atoms with Gasteiger partial charge in [0.15, 0.2) is 11.5 Å². The van der Waals surface area contributed by atoms with Gasteiger partial charge in [-0.15, -0.1) is 0 Å². The highest BCUT2D eigenvalue weighted by Gasteiger charge is 2.38. The molecule has 1 N–H and O–H groups in total. The van der Waals surface area contributed by atoms with E-state index < -0.39 is 0 Å². The molecule has 0 saturated carbocycles. The van der Waals surface area contributed by atoms with Crippen LogP contribution in [-0.2, 0) is 16.6 Å². The lowest BCUT2D eigenvalue weighted by Gasteiger charge is -2.24. The molecule has 40 heavy (non-hydrogen) atoms. The largest absolute Gasteiger partial charge is 0.493 e. The highest BCUT2D eigenvalue weighted by atomic mass is 16.5. The van der Waals surface area contributed by atoms with Crippen LogP contribution in [0.15, 0.2) is 67.1 Å². The molecule has 10 heteroatoms. The summed E-state index contributed by atoms with van der Waals surface area (Å²) >= 11 is 0. The molecule has 0 spiro atoms. The smallest absolute Gasteiger partial charge is 0.272 e. The Morgan fingerprint density at radius 3 is 2.70 bits per heavy atom. The number of hydrogen-bond donors (Lipinski definition) is 1. The summed E-state index contributed by atoms with van der Waals surface area (Å²) in [7, 11) is 3.36. The van der Waals surface area contributed by atoms with Crippen molar-refractivity contribution in [3.05, 3.63) is 84.0 Å². The molecule has 1 aromatic heterocycles. The monoisotopic (exact) mass is 543 g/mol. The Labute approximate surface area is 233 Å². The van der Waals surface area contributed by atoms with Crippen molar-refractivity contribution in [2.24, 2.45) is 7.05 Å². The van der Waals surface area contributed by atoms with Crippen molar-refractivity contribution >= 4 is 23.8 Å². The van der Waals surface area contributed by atoms with E-state index in [1.165, 1.54) is 11.0 Å². The number of benzene rings is 2. The molecule has 2 atom stereocenters. The molecular weight excluding hydrogens is 510 g/mol. The van der Waals surface area contributed by atoms with Crippen LogP contribution in [0, 0.1) is 0 Å². The first-order valence-electron chi connectivity index (χ1n) is 13.3. The zero-order chi connectivity index (χ0) is 28.1. The van der Waals surface area contributed by atoms with Crippen LogP contribution in [0.2, 0.25) is 0 Å². The number of nitrogens with zero attached hydrogens (tertiary/aromatic N) is 4. The number of methoxy groups -OCH3 is 1. The first-order valence-corrected chi connectivity index (χ1v) is 13.3. The number of amides is 3. The number of imidazole rings is 1. The van der Waals surface area contributed by atoms with Gasteiger partial charge < -0.3 is 29.2 Å². The molecule has 3 heterocycles. The second kappa shape index (κ2) is 12.1. The van der Waals surface area contributed by atoms with Gasteiger partial charge in [-0.3, -0.25) is 14.4 Å². The van der Waals surface area contributed by atoms with E-state index in [1.54, 1.807) is 42.2 Å². The van der Waals surface area contributed by atoms with Crippen LogP contribution < -0.4 is 14.8 Å². The van der Waals surface area contributed by atoms with E-state index in [1.807, 2.05) is 48.5 Å². The standard InChI is InChI=1S/C30H33N5O5/c1-33-20-31-16-25(33)30(38)35-17-23-22-10-11-26(39-2)27(15-22)40-14-6-13-34(19-28(36)32-24(23)18-35)29(37)12-9-21-7-4-3-5-8-21/h3-5,7-12,15-16,20,23-24H,6,13-14,17-19H2,1-2H3,(H,32,36)/b12-9+/t23-,24+/m1/s1. The fourth-order valence-corrected chi connectivity index (χ4v) is 5.18. The first kappa shape index (κ1) is 27.0. The molecule has 208 valence electrons. The number of rotatable bonds is 4. The minimum absolute atomic E-state index is 0.0994. The number of ether oxygens (including phenoxy) is 2. The third-order valence-electron chi connectivity index (χ3n) is 7.30. The second-order valence-corrected chi connectivity index (χ2v) is 10.00. The minimum atomic E-state index is -0.358. The Morgan fingerprint density at radius 2 is 1.95 bits per heavy atom. The Kier molecular flexibility index (Phi) is 8.14. The van der Waals surface area contributed by atoms with Crippen LogP contribution in [0.25, 0.3) is 6.08 Å². The number of carbonyl (C=O) groups excluding carboxylic acids is 3. The molecule has 5 rings (SSSR count). The van der Waals surface area contributed by atoms with E-state index in [0.29, 0.717) is 49.9 Å². The van der Waals surface area contributed by atoms with Crippen LogP contribution in [0.5, 0.6) is 11.5 Å². The van der Waals surface area contributed by atoms with Crippen LogP contribution in [0.4, 0.5) is 0 Å². The predicted molar refractivity (Wildman–Crippen MR) is 149 cm³/mol. The average molecular weight is 544 g/mol. The van der Waals surface area contributed by atoms with Gasteiger partial charge in [-0.25, -0.2) is 4.98 Å². The average Bonchev–Trinajstić information content (AvgIpc) is 3.59. The van der Waals surface area contributed by atoms with Crippen molar-refractivity contribution in [2.45, 2.75) is 18.4 Å². The van der Waals surface area contributed by atoms with Crippen molar-refractivity contribution in [1.82, 2.24) is 24.7 Å². The lowest BCUT2D eigenvalue weighted by molar-refractivity contribution is -0.132. The molecule has 1 saturated heterocycles. The Morgan fingerprint density at radius 1 is 1.12 bits per heavy atom. The van der Waals surface area contributed by atoms with Crippen molar-refractivity contribution in [3.8, 4) is 11.5 Å². The molecule has 10 nitrogen and oxygen atoms in total. The van der Waals surface area contributed by atoms with Crippen LogP contribution >= 0.6 is 0 Å². The fourth-order valence-electron chi connectivity index (χ4n) is 5.18. The highest BCUT2D eigenvalue weighted by Crippen LogP contribution is 2.35. The zero-order valence-electron chi connectivity index (χ0n) is 22.7. The van der Waals surface area contributed by atoms with Crippen LogP contribution in [-0.4, -0.2) is 83.0 Å². The van der Waals surface area contributed by atoms with Crippen LogP contribution in [0.3, 0.4) is 0 Å². The van der Waals surface area contributed by atoms with Gasteiger partial charge in [-0.05, 0) is 35.8 Å². The number of hydrogen-bond acceptors (Lipinski definition) is 6. The summed E-state index contributed by atoms with van der Waals surface area (Å²) in [6.45, 7) is 1.31. The Hall–Kier alpha value is -4.60. The van der Waals surface area contributed by atoms with E-state index in [9.17, 15) is 14.4 Å². The number of nitrogens with one attached hydrogen (secondary N) is 1. The van der Waals surface area contributed by atoms with E-state index >= 15 is 0 Å². The van der Waals surface area contributed by atoms with Crippen molar-refractivity contribution in [2.75, 3.05) is 39.9 Å². The summed E-state index contributed by atoms with van der Waals surface area (Å²) in [5.41, 5.74) is 2.30. The number of aromatic nitrogens is 2. The second-order valence-electron chi connectivity index (χ2n) is 10.00. The van der Waals surface area contributed by atoms with Crippen molar-refractivity contribution in [3.63, 3.8) is 0 Å². The SMILES string of the molecule is COc1ccc2cc1OCCCN(C(=O)/C=C/c1ccccc1)CC(=O)N[C@H]1CN(C(=O)c3cncn3C)C[C@H]21. The molecule has 0 radical (unpaired) electrons. The molecule has 0 unspecified atom stereocenters. The number of likely N-dealkylation sites (tertiary alicyclic amines) is 1. The van der Waals surface area contributed by atoms with Gasteiger partial charge in [0.25, 0.3) is 5.91 Å². The Bertz CT molecular complexity index is 1400. The summed E-state index contributed by atoms with van der Waals surface area (Å²) < 4.78 is 13.3. The zero-order valence-corrected chi connectivity index (χ0v) is 22.7. The number of fused-ring (bicyclic) bond motifs is 4. The maximum absolute atomic E-state index is 13.3. The lowest BCUT2D eigenvalue weighted by Crippen LogP contribution is -2.46. The molecule has 1 fully saturated rings. The van der Waals surface area contributed by atoms with E-state index in [2.05, 4.69) is 10.3 Å². The highest BCUT2D eigenvalue weighted by molar-refractivity contribution is 5.95. The summed E-state index contributed by atoms with van der Waals surface area (Å²) in [5, 5.41) is 3.11. The van der Waals surface area contributed by atoms with Gasteiger partial charge >= 0.3 is 0 Å². The predicted octanol–water partition coefficient (Wildman–Crippen LogP) is 2.48. The summed E-state index contributed by atoms with van der Waals surface area (Å²) in [6.07, 6.45) is 6.89. The van der Waals surface area contributed by atoms with E-state index in [0.717, 1.165) is 11.1 Å². The maximum Gasteiger partial charge on any atom is 0.272 e. The molecule has 2 aliphatic heterocycles. The normalized spacial score (nSPS) is 19.6. The summed E-state index contributed by atoms with van der Waals surface area (Å²) in [4.78, 5) is 47.1. The summed E-state index contributed by atoms with van der Waals surface area (Å²) in [5.74, 6) is 0.303. The van der Waals surface area contributed by atoms with Gasteiger partial charge in [0.1, 0.15) is 5.69 Å². The third kappa shape index (κ3) is 6.01. The maximum atomic E-state index is 13.3. The van der Waals surface area contributed by atoms with Gasteiger partial charge in [-0.2, -0.15) is 0 Å². The lowest BCUT2D eigenvalue weighted by atomic mass is 9.94. The molecule has 3 aromatic rings. The quantitative estimate of drug-likeness (QED) is 0.507. The molecule has 2 aromatic carbocycles. The minimum Gasteiger partial charge on any atom is -0.493 e. The van der Waals surface area contributed by atoms with Gasteiger partial charge in [0.2, 0.25) is 11.8 Å². The number of aryl methyl sites for hydroxylation is 1. The third-order valence-corrected chi connectivity index (χ3v) is 7.30. The molecule has 0 aliphatic carbocycles. The Balaban J connectivity index is 1.40. The van der Waals surface area contributed by atoms with Gasteiger partial charge in [0, 0.05) is 38.7 Å². The first-order chi connectivity index (χ1) is 19.4. The van der Waals surface area contributed by atoms with E-state index in [-0.39, 0.29) is 36.2 Å². The number of carbonyl (C=O) groups is 3. The van der Waals surface area contributed by atoms with Crippen molar-refractivity contribution < 1.29 is 23.9 Å². The topological polar surface area (TPSA) is 106 Å². The molecular formula is C30H33N5O5. The summed E-state index contributed by atoms with van der Waals surface area (Å²) in [6, 6.07) is 14.9.